The summed E-state index contributed by atoms with van der Waals surface area (Å²) in [6, 6.07) is 14.2. The van der Waals surface area contributed by atoms with Crippen molar-refractivity contribution in [2.45, 2.75) is 13.3 Å². The largest absolute Gasteiger partial charge is 0.385 e. The molecule has 3 N–H and O–H groups in total. The highest BCUT2D eigenvalue weighted by Crippen LogP contribution is 2.26. The molecule has 1 unspecified atom stereocenters. The van der Waals surface area contributed by atoms with E-state index in [-0.39, 0.29) is 24.9 Å². The van der Waals surface area contributed by atoms with Gasteiger partial charge >= 0.3 is 0 Å². The molecule has 0 aliphatic heterocycles. The first-order valence-corrected chi connectivity index (χ1v) is 9.11. The second kappa shape index (κ2) is 10.9. The van der Waals surface area contributed by atoms with Gasteiger partial charge < -0.3 is 16.0 Å². The van der Waals surface area contributed by atoms with Crippen molar-refractivity contribution < 1.29 is 13.6 Å². The summed E-state index contributed by atoms with van der Waals surface area (Å²) < 4.78 is 26.7. The molecule has 28 heavy (non-hydrogen) atoms. The molecule has 5 nitrogen and oxygen atoms in total. The molecule has 0 saturated carbocycles. The molecule has 0 spiro atoms. The maximum atomic E-state index is 14.5. The van der Waals surface area contributed by atoms with Crippen LogP contribution < -0.4 is 16.0 Å². The lowest BCUT2D eigenvalue weighted by atomic mass is 10.0. The van der Waals surface area contributed by atoms with Gasteiger partial charge in [-0.25, -0.2) is 4.39 Å². The molecule has 148 valence electrons. The summed E-state index contributed by atoms with van der Waals surface area (Å²) in [6.07, 6.45) is 0.447. The van der Waals surface area contributed by atoms with Crippen LogP contribution >= 0.6 is 0 Å². The second-order valence-corrected chi connectivity index (χ2v) is 6.39. The first-order chi connectivity index (χ1) is 13.5. The van der Waals surface area contributed by atoms with Gasteiger partial charge in [0.2, 0.25) is 5.91 Å². The van der Waals surface area contributed by atoms with Gasteiger partial charge in [0.25, 0.3) is 0 Å². The van der Waals surface area contributed by atoms with E-state index in [9.17, 15) is 13.6 Å². The summed E-state index contributed by atoms with van der Waals surface area (Å²) in [6.45, 7) is 2.12. The van der Waals surface area contributed by atoms with Crippen LogP contribution in [-0.4, -0.2) is 32.2 Å². The van der Waals surface area contributed by atoms with Crippen LogP contribution in [0.2, 0.25) is 0 Å². The molecular weight excluding hydrogens is 362 g/mol. The topological polar surface area (TPSA) is 77.0 Å². The van der Waals surface area contributed by atoms with Crippen molar-refractivity contribution in [2.75, 3.05) is 36.9 Å². The molecule has 0 aliphatic carbocycles. The first kappa shape index (κ1) is 21.2. The predicted molar refractivity (Wildman–Crippen MR) is 107 cm³/mol. The molecule has 2 aromatic rings. The number of alkyl halides is 1. The van der Waals surface area contributed by atoms with Crippen molar-refractivity contribution in [3.8, 4) is 17.2 Å². The molecule has 0 radical (unpaired) electrons. The average molecular weight is 386 g/mol. The van der Waals surface area contributed by atoms with Crippen molar-refractivity contribution in [3.05, 3.63) is 48.3 Å². The van der Waals surface area contributed by atoms with Gasteiger partial charge in [0.1, 0.15) is 5.82 Å². The van der Waals surface area contributed by atoms with Crippen molar-refractivity contribution >= 4 is 17.3 Å². The minimum absolute atomic E-state index is 0.195. The minimum atomic E-state index is -0.413. The highest BCUT2D eigenvalue weighted by molar-refractivity contribution is 5.72. The number of rotatable bonds is 10. The fraction of sp³-hybridized carbons (Fsp3) is 0.333. The fourth-order valence-electron chi connectivity index (χ4n) is 2.60. The number of carbonyl (C=O) groups excluding carboxylic acids is 1. The maximum Gasteiger partial charge on any atom is 0.216 e. The van der Waals surface area contributed by atoms with Gasteiger partial charge in [0.15, 0.2) is 0 Å². The number of amides is 1. The lowest BCUT2D eigenvalue weighted by Gasteiger charge is -2.13. The van der Waals surface area contributed by atoms with Crippen LogP contribution in [-0.2, 0) is 4.79 Å². The number of carbonyl (C=O) groups is 1. The lowest BCUT2D eigenvalue weighted by Crippen LogP contribution is -2.30. The Kier molecular flexibility index (Phi) is 8.22. The van der Waals surface area contributed by atoms with Crippen LogP contribution in [0.15, 0.2) is 42.5 Å². The summed E-state index contributed by atoms with van der Waals surface area (Å²) in [5.41, 5.74) is 2.63. The normalized spacial score (nSPS) is 11.4. The van der Waals surface area contributed by atoms with E-state index in [0.29, 0.717) is 30.8 Å². The Morgan fingerprint density at radius 3 is 2.43 bits per heavy atom. The van der Waals surface area contributed by atoms with Gasteiger partial charge in [-0.2, -0.15) is 5.26 Å². The zero-order chi connectivity index (χ0) is 20.4. The van der Waals surface area contributed by atoms with E-state index in [0.717, 1.165) is 11.3 Å². The Balaban J connectivity index is 1.98. The van der Waals surface area contributed by atoms with Crippen LogP contribution in [0.5, 0.6) is 0 Å². The highest BCUT2D eigenvalue weighted by atomic mass is 19.1. The molecular formula is C21H24F2N4O. The smallest absolute Gasteiger partial charge is 0.216 e. The Hall–Kier alpha value is -3.14. The van der Waals surface area contributed by atoms with E-state index in [1.54, 1.807) is 12.1 Å². The standard InChI is InChI=1S/C21H24F2N4O/c1-15(28)26-13-16(12-24)14-27-19-7-8-20(21(23)11-19)17-3-5-18(6-4-17)25-10-2-9-22/h3-8,11,16,25,27H,2,9-10,13-14H2,1H3,(H,26,28). The van der Waals surface area contributed by atoms with E-state index in [4.69, 9.17) is 5.26 Å². The minimum Gasteiger partial charge on any atom is -0.385 e. The summed E-state index contributed by atoms with van der Waals surface area (Å²) in [4.78, 5) is 10.9. The average Bonchev–Trinajstić information content (AvgIpc) is 2.69. The van der Waals surface area contributed by atoms with E-state index in [1.165, 1.54) is 13.0 Å². The fourth-order valence-corrected chi connectivity index (χ4v) is 2.60. The lowest BCUT2D eigenvalue weighted by molar-refractivity contribution is -0.119. The van der Waals surface area contributed by atoms with Gasteiger partial charge in [0, 0.05) is 43.5 Å². The number of halogens is 2. The van der Waals surface area contributed by atoms with Gasteiger partial charge in [-0.15, -0.1) is 0 Å². The molecule has 1 atom stereocenters. The van der Waals surface area contributed by atoms with Gasteiger partial charge in [-0.3, -0.25) is 9.18 Å². The van der Waals surface area contributed by atoms with E-state index < -0.39 is 5.92 Å². The van der Waals surface area contributed by atoms with Crippen LogP contribution in [0.1, 0.15) is 13.3 Å². The Labute approximate surface area is 163 Å². The SMILES string of the molecule is CC(=O)NCC(C#N)CNc1ccc(-c2ccc(NCCCF)cc2)c(F)c1. The highest BCUT2D eigenvalue weighted by Gasteiger charge is 2.10. The molecule has 2 aromatic carbocycles. The number of nitrogens with one attached hydrogen (secondary N) is 3. The molecule has 0 heterocycles. The number of nitriles is 1. The number of anilines is 2. The van der Waals surface area contributed by atoms with Crippen LogP contribution in [0.25, 0.3) is 11.1 Å². The molecule has 1 amide bonds. The summed E-state index contributed by atoms with van der Waals surface area (Å²) in [5, 5.41) is 17.8. The van der Waals surface area contributed by atoms with Crippen LogP contribution in [0.4, 0.5) is 20.2 Å². The summed E-state index contributed by atoms with van der Waals surface area (Å²) >= 11 is 0. The molecule has 0 bridgehead atoms. The number of benzene rings is 2. The second-order valence-electron chi connectivity index (χ2n) is 6.39. The van der Waals surface area contributed by atoms with Crippen molar-refractivity contribution in [2.24, 2.45) is 5.92 Å². The molecule has 2 rings (SSSR count). The molecule has 0 saturated heterocycles. The van der Waals surface area contributed by atoms with Gasteiger partial charge in [0.05, 0.1) is 18.7 Å². The third kappa shape index (κ3) is 6.54. The third-order valence-corrected chi connectivity index (χ3v) is 4.14. The maximum absolute atomic E-state index is 14.5. The predicted octanol–water partition coefficient (Wildman–Crippen LogP) is 3.95. The zero-order valence-electron chi connectivity index (χ0n) is 15.8. The Bertz CT molecular complexity index is 818. The van der Waals surface area contributed by atoms with Gasteiger partial charge in [-0.1, -0.05) is 12.1 Å². The van der Waals surface area contributed by atoms with Gasteiger partial charge in [-0.05, 0) is 42.3 Å². The summed E-state index contributed by atoms with van der Waals surface area (Å²) in [5.74, 6) is -0.984. The monoisotopic (exact) mass is 386 g/mol. The van der Waals surface area contributed by atoms with E-state index in [2.05, 4.69) is 22.0 Å². The zero-order valence-corrected chi connectivity index (χ0v) is 15.8. The molecule has 0 aliphatic rings. The first-order valence-electron chi connectivity index (χ1n) is 9.11. The van der Waals surface area contributed by atoms with E-state index >= 15 is 0 Å². The van der Waals surface area contributed by atoms with Crippen molar-refractivity contribution in [3.63, 3.8) is 0 Å². The molecule has 0 aromatic heterocycles. The molecule has 0 fully saturated rings. The van der Waals surface area contributed by atoms with Crippen molar-refractivity contribution in [1.82, 2.24) is 5.32 Å². The van der Waals surface area contributed by atoms with E-state index in [1.807, 2.05) is 24.3 Å². The Morgan fingerprint density at radius 2 is 1.82 bits per heavy atom. The third-order valence-electron chi connectivity index (χ3n) is 4.14. The van der Waals surface area contributed by atoms with Crippen LogP contribution in [0.3, 0.4) is 0 Å². The quantitative estimate of drug-likeness (QED) is 0.541. The van der Waals surface area contributed by atoms with Crippen LogP contribution in [0, 0.1) is 23.1 Å². The number of hydrogen-bond acceptors (Lipinski definition) is 4. The van der Waals surface area contributed by atoms with Crippen molar-refractivity contribution in [1.29, 1.82) is 5.26 Å². The summed E-state index contributed by atoms with van der Waals surface area (Å²) in [7, 11) is 0. The number of nitrogens with zero attached hydrogens (tertiary/aromatic N) is 1. The number of hydrogen-bond donors (Lipinski definition) is 3. The molecule has 7 heteroatoms. The Morgan fingerprint density at radius 1 is 1.11 bits per heavy atom.